The second-order valence-electron chi connectivity index (χ2n) is 6.00. The topological polar surface area (TPSA) is 12.5 Å². The summed E-state index contributed by atoms with van der Waals surface area (Å²) in [6.45, 7) is 4.43. The fourth-order valence-electron chi connectivity index (χ4n) is 3.88. The zero-order valence-corrected chi connectivity index (χ0v) is 12.6. The van der Waals surface area contributed by atoms with Crippen LogP contribution in [-0.4, -0.2) is 12.8 Å². The minimum Gasteiger partial charge on any atom is -0.463 e. The van der Waals surface area contributed by atoms with Crippen molar-refractivity contribution in [1.82, 2.24) is 0 Å². The molecule has 2 aliphatic heterocycles. The molecule has 0 saturated heterocycles. The third kappa shape index (κ3) is 1.48. The number of fused-ring (bicyclic) bond motifs is 2. The lowest BCUT2D eigenvalue weighted by Crippen LogP contribution is -2.53. The van der Waals surface area contributed by atoms with E-state index in [0.717, 1.165) is 11.3 Å². The average molecular weight is 277 g/mol. The molecule has 4 rings (SSSR count). The molecule has 0 saturated carbocycles. The number of likely N-dealkylation sites (N-methyl/N-ethyl adjacent to an activating group) is 1. The molecule has 0 fully saturated rings. The number of benzene rings is 2. The highest BCUT2D eigenvalue weighted by atomic mass is 16.5. The van der Waals surface area contributed by atoms with Gasteiger partial charge in [-0.25, -0.2) is 0 Å². The highest BCUT2D eigenvalue weighted by molar-refractivity contribution is 5.72. The van der Waals surface area contributed by atoms with Gasteiger partial charge < -0.3 is 9.64 Å². The molecule has 0 bridgehead atoms. The van der Waals surface area contributed by atoms with Gasteiger partial charge in [-0.1, -0.05) is 43.3 Å². The Bertz CT molecular complexity index is 718. The summed E-state index contributed by atoms with van der Waals surface area (Å²) in [7, 11) is 2.13. The molecule has 0 N–H and O–H groups in total. The lowest BCUT2D eigenvalue weighted by atomic mass is 9.85. The predicted octanol–water partition coefficient (Wildman–Crippen LogP) is 4.43. The molecular formula is C19H19NO. The van der Waals surface area contributed by atoms with Crippen LogP contribution in [0.1, 0.15) is 30.9 Å². The molecule has 0 radical (unpaired) electrons. The van der Waals surface area contributed by atoms with E-state index in [9.17, 15) is 0 Å². The van der Waals surface area contributed by atoms with Gasteiger partial charge in [-0.2, -0.15) is 0 Å². The van der Waals surface area contributed by atoms with Crippen molar-refractivity contribution in [2.24, 2.45) is 0 Å². The lowest BCUT2D eigenvalue weighted by molar-refractivity contribution is 0.0910. The average Bonchev–Trinajstić information content (AvgIpc) is 2.72. The number of ether oxygens (including phenoxy) is 1. The minimum atomic E-state index is -0.405. The smallest absolute Gasteiger partial charge is 0.211 e. The van der Waals surface area contributed by atoms with Crippen molar-refractivity contribution in [3.05, 3.63) is 65.2 Å². The Kier molecular flexibility index (Phi) is 2.47. The maximum atomic E-state index is 6.56. The van der Waals surface area contributed by atoms with E-state index < -0.39 is 5.72 Å². The van der Waals surface area contributed by atoms with Crippen LogP contribution < -0.4 is 9.64 Å². The molecular weight excluding hydrogens is 258 g/mol. The third-order valence-corrected chi connectivity index (χ3v) is 4.97. The number of rotatable bonds is 0. The fraction of sp³-hybridized carbons (Fsp3) is 0.263. The summed E-state index contributed by atoms with van der Waals surface area (Å²) in [5, 5.41) is 0. The van der Waals surface area contributed by atoms with E-state index in [4.69, 9.17) is 4.74 Å². The van der Waals surface area contributed by atoms with Crippen molar-refractivity contribution < 1.29 is 4.74 Å². The van der Waals surface area contributed by atoms with E-state index in [1.807, 2.05) is 6.07 Å². The van der Waals surface area contributed by atoms with Crippen LogP contribution in [0.25, 0.3) is 6.08 Å². The summed E-state index contributed by atoms with van der Waals surface area (Å²) in [6, 6.07) is 16.9. The molecule has 2 nitrogen and oxygen atoms in total. The van der Waals surface area contributed by atoms with Gasteiger partial charge in [-0.3, -0.25) is 0 Å². The monoisotopic (exact) mass is 277 g/mol. The summed E-state index contributed by atoms with van der Waals surface area (Å²) in [4.78, 5) is 2.29. The van der Waals surface area contributed by atoms with Crippen LogP contribution in [0, 0.1) is 0 Å². The molecule has 2 aromatic carbocycles. The second kappa shape index (κ2) is 4.14. The first-order chi connectivity index (χ1) is 10.1. The van der Waals surface area contributed by atoms with E-state index >= 15 is 0 Å². The van der Waals surface area contributed by atoms with Gasteiger partial charge in [0.25, 0.3) is 0 Å². The van der Waals surface area contributed by atoms with Crippen molar-refractivity contribution in [2.45, 2.75) is 25.5 Å². The van der Waals surface area contributed by atoms with Gasteiger partial charge in [0, 0.05) is 24.2 Å². The Morgan fingerprint density at radius 3 is 2.57 bits per heavy atom. The van der Waals surface area contributed by atoms with Crippen LogP contribution >= 0.6 is 0 Å². The van der Waals surface area contributed by atoms with Crippen LogP contribution in [-0.2, 0) is 0 Å². The van der Waals surface area contributed by atoms with Crippen LogP contribution in [0.2, 0.25) is 0 Å². The molecule has 1 spiro atoms. The first-order valence-electron chi connectivity index (χ1n) is 7.44. The second-order valence-corrected chi connectivity index (χ2v) is 6.00. The van der Waals surface area contributed by atoms with Crippen LogP contribution in [0.3, 0.4) is 0 Å². The molecule has 0 aromatic heterocycles. The zero-order chi connectivity index (χ0) is 14.6. The minimum absolute atomic E-state index is 0.295. The Balaban J connectivity index is 1.91. The Hall–Kier alpha value is -2.22. The zero-order valence-electron chi connectivity index (χ0n) is 12.6. The number of para-hydroxylation sites is 2. The van der Waals surface area contributed by atoms with Crippen molar-refractivity contribution >= 4 is 11.8 Å². The van der Waals surface area contributed by atoms with Crippen LogP contribution in [0.5, 0.6) is 5.75 Å². The highest BCUT2D eigenvalue weighted by Crippen LogP contribution is 2.53. The van der Waals surface area contributed by atoms with Gasteiger partial charge in [-0.15, -0.1) is 0 Å². The number of anilines is 1. The Labute approximate surface area is 125 Å². The van der Waals surface area contributed by atoms with E-state index in [-0.39, 0.29) is 0 Å². The first-order valence-corrected chi connectivity index (χ1v) is 7.44. The van der Waals surface area contributed by atoms with E-state index in [2.05, 4.69) is 74.3 Å². The quantitative estimate of drug-likeness (QED) is 0.706. The van der Waals surface area contributed by atoms with Crippen LogP contribution in [0.15, 0.2) is 54.1 Å². The molecule has 21 heavy (non-hydrogen) atoms. The fourth-order valence-corrected chi connectivity index (χ4v) is 3.88. The third-order valence-electron chi connectivity index (χ3n) is 4.97. The highest BCUT2D eigenvalue weighted by Gasteiger charge is 2.52. The maximum absolute atomic E-state index is 6.56. The Morgan fingerprint density at radius 2 is 1.76 bits per heavy atom. The van der Waals surface area contributed by atoms with Gasteiger partial charge in [0.2, 0.25) is 5.72 Å². The summed E-state index contributed by atoms with van der Waals surface area (Å²) in [5.74, 6) is 1.26. The van der Waals surface area contributed by atoms with Crippen molar-refractivity contribution in [3.63, 3.8) is 0 Å². The summed E-state index contributed by atoms with van der Waals surface area (Å²) < 4.78 is 6.56. The van der Waals surface area contributed by atoms with Gasteiger partial charge >= 0.3 is 0 Å². The molecule has 2 atom stereocenters. The van der Waals surface area contributed by atoms with E-state index in [0.29, 0.717) is 5.92 Å². The number of nitrogens with zero attached hydrogens (tertiary/aromatic N) is 1. The van der Waals surface area contributed by atoms with Gasteiger partial charge in [0.1, 0.15) is 5.75 Å². The molecule has 0 aliphatic carbocycles. The lowest BCUT2D eigenvalue weighted by Gasteiger charge is -2.44. The Morgan fingerprint density at radius 1 is 1.05 bits per heavy atom. The van der Waals surface area contributed by atoms with Gasteiger partial charge in [-0.05, 0) is 36.3 Å². The SMILES string of the molecule is CC1=Cc2ccccc2OC12C(C)c1ccccc1N2C. The molecule has 0 amide bonds. The summed E-state index contributed by atoms with van der Waals surface area (Å²) >= 11 is 0. The largest absolute Gasteiger partial charge is 0.463 e. The molecule has 2 heteroatoms. The normalized spacial score (nSPS) is 26.1. The maximum Gasteiger partial charge on any atom is 0.211 e. The molecule has 2 aromatic rings. The molecule has 2 aliphatic rings. The number of hydrogen-bond donors (Lipinski definition) is 0. The van der Waals surface area contributed by atoms with Crippen molar-refractivity contribution in [1.29, 1.82) is 0 Å². The van der Waals surface area contributed by atoms with Gasteiger partial charge in [0.05, 0.1) is 0 Å². The van der Waals surface area contributed by atoms with Crippen molar-refractivity contribution in [3.8, 4) is 5.75 Å². The van der Waals surface area contributed by atoms with Crippen molar-refractivity contribution in [2.75, 3.05) is 11.9 Å². The van der Waals surface area contributed by atoms with Gasteiger partial charge in [0.15, 0.2) is 0 Å². The first kappa shape index (κ1) is 12.5. The molecule has 2 unspecified atom stereocenters. The summed E-state index contributed by atoms with van der Waals surface area (Å²) in [5.41, 5.74) is 4.63. The summed E-state index contributed by atoms with van der Waals surface area (Å²) in [6.07, 6.45) is 2.26. The van der Waals surface area contributed by atoms with E-state index in [1.165, 1.54) is 16.8 Å². The standard InChI is InChI=1S/C19H19NO/c1-13-12-15-8-4-7-11-18(15)21-19(13)14(2)16-9-5-6-10-17(16)20(19)3/h4-12,14H,1-3H3. The predicted molar refractivity (Wildman–Crippen MR) is 86.7 cm³/mol. The molecule has 106 valence electrons. The number of hydrogen-bond acceptors (Lipinski definition) is 2. The van der Waals surface area contributed by atoms with E-state index in [1.54, 1.807) is 0 Å². The van der Waals surface area contributed by atoms with Crippen LogP contribution in [0.4, 0.5) is 5.69 Å². The molecule has 2 heterocycles.